The molecule has 0 unspecified atom stereocenters. The quantitative estimate of drug-likeness (QED) is 0.545. The van der Waals surface area contributed by atoms with Crippen LogP contribution in [0.2, 0.25) is 0 Å². The summed E-state index contributed by atoms with van der Waals surface area (Å²) >= 11 is 1.62. The number of sulfonamides is 1. The van der Waals surface area contributed by atoms with Crippen LogP contribution >= 0.6 is 11.8 Å². The maximum atomic E-state index is 12.2. The lowest BCUT2D eigenvalue weighted by atomic mass is 10.2. The SMILES string of the molecule is C=CCNS(=O)(=O)c1ccc(C(=O)Nc2ccc(SCC)nc2)cc1. The molecular weight excluding hydrogens is 358 g/mol. The molecular formula is C17H19N3O3S2. The Balaban J connectivity index is 2.06. The van der Waals surface area contributed by atoms with Crippen molar-refractivity contribution in [2.24, 2.45) is 0 Å². The van der Waals surface area contributed by atoms with Gasteiger partial charge in [-0.1, -0.05) is 13.0 Å². The van der Waals surface area contributed by atoms with E-state index in [9.17, 15) is 13.2 Å². The van der Waals surface area contributed by atoms with E-state index in [2.05, 4.69) is 21.6 Å². The number of rotatable bonds is 8. The number of hydrogen-bond donors (Lipinski definition) is 2. The van der Waals surface area contributed by atoms with E-state index in [0.717, 1.165) is 10.8 Å². The highest BCUT2D eigenvalue weighted by Gasteiger charge is 2.14. The van der Waals surface area contributed by atoms with Crippen LogP contribution in [0.15, 0.2) is 65.2 Å². The number of pyridine rings is 1. The molecule has 0 atom stereocenters. The van der Waals surface area contributed by atoms with E-state index < -0.39 is 10.0 Å². The number of hydrogen-bond acceptors (Lipinski definition) is 5. The Morgan fingerprint density at radius 3 is 2.52 bits per heavy atom. The fourth-order valence-electron chi connectivity index (χ4n) is 1.93. The van der Waals surface area contributed by atoms with Crippen molar-refractivity contribution >= 4 is 33.4 Å². The largest absolute Gasteiger partial charge is 0.321 e. The third-order valence-corrected chi connectivity index (χ3v) is 5.40. The molecule has 0 fully saturated rings. The second-order valence-corrected chi connectivity index (χ2v) is 7.99. The van der Waals surface area contributed by atoms with Gasteiger partial charge >= 0.3 is 0 Å². The van der Waals surface area contributed by atoms with Gasteiger partial charge in [0.25, 0.3) is 5.91 Å². The number of amides is 1. The molecule has 1 aromatic heterocycles. The topological polar surface area (TPSA) is 88.2 Å². The molecule has 0 saturated heterocycles. The fourth-order valence-corrected chi connectivity index (χ4v) is 3.51. The van der Waals surface area contributed by atoms with Gasteiger partial charge in [0.15, 0.2) is 0 Å². The molecule has 0 aliphatic rings. The van der Waals surface area contributed by atoms with Gasteiger partial charge in [-0.2, -0.15) is 0 Å². The number of nitrogens with one attached hydrogen (secondary N) is 2. The van der Waals surface area contributed by atoms with E-state index in [4.69, 9.17) is 0 Å². The Kier molecular flexibility index (Phi) is 6.74. The molecule has 132 valence electrons. The molecule has 0 saturated carbocycles. The lowest BCUT2D eigenvalue weighted by Gasteiger charge is -2.07. The number of carbonyl (C=O) groups excluding carboxylic acids is 1. The van der Waals surface area contributed by atoms with E-state index >= 15 is 0 Å². The minimum atomic E-state index is -3.60. The number of benzene rings is 1. The number of thioether (sulfide) groups is 1. The van der Waals surface area contributed by atoms with Crippen LogP contribution in [-0.4, -0.2) is 31.6 Å². The maximum absolute atomic E-state index is 12.2. The summed E-state index contributed by atoms with van der Waals surface area (Å²) in [6.07, 6.45) is 3.05. The first-order valence-electron chi connectivity index (χ1n) is 7.57. The second-order valence-electron chi connectivity index (χ2n) is 4.94. The van der Waals surface area contributed by atoms with Gasteiger partial charge in [-0.15, -0.1) is 18.3 Å². The van der Waals surface area contributed by atoms with Crippen LogP contribution in [0.4, 0.5) is 5.69 Å². The molecule has 0 aliphatic heterocycles. The highest BCUT2D eigenvalue weighted by atomic mass is 32.2. The van der Waals surface area contributed by atoms with Crippen molar-refractivity contribution in [3.8, 4) is 0 Å². The molecule has 2 rings (SSSR count). The standard InChI is InChI=1S/C17H19N3O3S2/c1-3-11-19-25(22,23)15-8-5-13(6-9-15)17(21)20-14-7-10-16(18-12-14)24-4-2/h3,5-10,12,19H,1,4,11H2,2H3,(H,20,21). The van der Waals surface area contributed by atoms with E-state index in [-0.39, 0.29) is 17.3 Å². The number of carbonyl (C=O) groups is 1. The molecule has 0 aliphatic carbocycles. The smallest absolute Gasteiger partial charge is 0.255 e. The van der Waals surface area contributed by atoms with Crippen LogP contribution in [0, 0.1) is 0 Å². The summed E-state index contributed by atoms with van der Waals surface area (Å²) in [5.41, 5.74) is 0.935. The van der Waals surface area contributed by atoms with Crippen molar-refractivity contribution < 1.29 is 13.2 Å². The molecule has 8 heteroatoms. The Morgan fingerprint density at radius 1 is 1.24 bits per heavy atom. The van der Waals surface area contributed by atoms with Crippen molar-refractivity contribution in [2.45, 2.75) is 16.8 Å². The molecule has 2 N–H and O–H groups in total. The van der Waals surface area contributed by atoms with Crippen molar-refractivity contribution in [1.82, 2.24) is 9.71 Å². The predicted molar refractivity (Wildman–Crippen MR) is 100 cm³/mol. The summed E-state index contributed by atoms with van der Waals surface area (Å²) in [6, 6.07) is 9.32. The normalized spacial score (nSPS) is 11.1. The lowest BCUT2D eigenvalue weighted by Crippen LogP contribution is -2.23. The first-order chi connectivity index (χ1) is 12.0. The minimum absolute atomic E-state index is 0.0912. The summed E-state index contributed by atoms with van der Waals surface area (Å²) in [6.45, 7) is 5.65. The van der Waals surface area contributed by atoms with Crippen LogP contribution in [0.25, 0.3) is 0 Å². The van der Waals surface area contributed by atoms with Crippen molar-refractivity contribution in [3.05, 3.63) is 60.8 Å². The highest BCUT2D eigenvalue weighted by molar-refractivity contribution is 7.99. The monoisotopic (exact) mass is 377 g/mol. The summed E-state index contributed by atoms with van der Waals surface area (Å²) in [4.78, 5) is 16.6. The Bertz CT molecular complexity index is 832. The molecule has 1 amide bonds. The van der Waals surface area contributed by atoms with Gasteiger partial charge < -0.3 is 5.32 Å². The summed E-state index contributed by atoms with van der Waals surface area (Å²) in [5, 5.41) is 3.62. The fraction of sp³-hybridized carbons (Fsp3) is 0.176. The van der Waals surface area contributed by atoms with Crippen molar-refractivity contribution in [1.29, 1.82) is 0 Å². The van der Waals surface area contributed by atoms with Gasteiger partial charge in [-0.25, -0.2) is 18.1 Å². The van der Waals surface area contributed by atoms with Crippen molar-refractivity contribution in [2.75, 3.05) is 17.6 Å². The zero-order chi connectivity index (χ0) is 18.3. The maximum Gasteiger partial charge on any atom is 0.255 e. The average Bonchev–Trinajstić information content (AvgIpc) is 2.62. The zero-order valence-corrected chi connectivity index (χ0v) is 15.4. The highest BCUT2D eigenvalue weighted by Crippen LogP contribution is 2.17. The predicted octanol–water partition coefficient (Wildman–Crippen LogP) is 2.91. The average molecular weight is 377 g/mol. The first-order valence-corrected chi connectivity index (χ1v) is 10.0. The molecule has 1 heterocycles. The molecule has 0 radical (unpaired) electrons. The van der Waals surface area contributed by atoms with E-state index in [1.54, 1.807) is 24.0 Å². The van der Waals surface area contributed by atoms with Crippen LogP contribution in [-0.2, 0) is 10.0 Å². The van der Waals surface area contributed by atoms with Gasteiger partial charge in [-0.3, -0.25) is 4.79 Å². The van der Waals surface area contributed by atoms with E-state index in [1.165, 1.54) is 30.3 Å². The molecule has 6 nitrogen and oxygen atoms in total. The third kappa shape index (κ3) is 5.42. The number of nitrogens with zero attached hydrogens (tertiary/aromatic N) is 1. The Morgan fingerprint density at radius 2 is 1.96 bits per heavy atom. The van der Waals surface area contributed by atoms with Gasteiger partial charge in [0.05, 0.1) is 21.8 Å². The molecule has 25 heavy (non-hydrogen) atoms. The number of aromatic nitrogens is 1. The van der Waals surface area contributed by atoms with Crippen molar-refractivity contribution in [3.63, 3.8) is 0 Å². The summed E-state index contributed by atoms with van der Waals surface area (Å²) < 4.78 is 26.3. The minimum Gasteiger partial charge on any atom is -0.321 e. The molecule has 0 bridgehead atoms. The zero-order valence-electron chi connectivity index (χ0n) is 13.7. The third-order valence-electron chi connectivity index (χ3n) is 3.13. The van der Waals surface area contributed by atoms with Crippen LogP contribution in [0.3, 0.4) is 0 Å². The Hall–Kier alpha value is -2.16. The first kappa shape index (κ1) is 19.2. The lowest BCUT2D eigenvalue weighted by molar-refractivity contribution is 0.102. The van der Waals surface area contributed by atoms with Gasteiger partial charge in [0.1, 0.15) is 0 Å². The van der Waals surface area contributed by atoms with Gasteiger partial charge in [-0.05, 0) is 42.2 Å². The summed E-state index contributed by atoms with van der Waals surface area (Å²) in [7, 11) is -3.60. The van der Waals surface area contributed by atoms with Crippen LogP contribution in [0.1, 0.15) is 17.3 Å². The van der Waals surface area contributed by atoms with Gasteiger partial charge in [0, 0.05) is 12.1 Å². The van der Waals surface area contributed by atoms with E-state index in [0.29, 0.717) is 11.3 Å². The van der Waals surface area contributed by atoms with E-state index in [1.807, 2.05) is 13.0 Å². The van der Waals surface area contributed by atoms with Gasteiger partial charge in [0.2, 0.25) is 10.0 Å². The summed E-state index contributed by atoms with van der Waals surface area (Å²) in [5.74, 6) is 0.594. The Labute approximate surface area is 151 Å². The van der Waals surface area contributed by atoms with Crippen LogP contribution < -0.4 is 10.0 Å². The molecule has 2 aromatic rings. The number of anilines is 1. The second kappa shape index (κ2) is 8.80. The van der Waals surface area contributed by atoms with Crippen LogP contribution in [0.5, 0.6) is 0 Å². The molecule has 0 spiro atoms. The molecule has 1 aromatic carbocycles.